The lowest BCUT2D eigenvalue weighted by molar-refractivity contribution is -0.117. The zero-order valence-corrected chi connectivity index (χ0v) is 25.2. The number of ether oxygens (including phenoxy) is 1. The molecular weight excluding hydrogens is 569 g/mol. The summed E-state index contributed by atoms with van der Waals surface area (Å²) in [6, 6.07) is 16.7. The second kappa shape index (κ2) is 12.3. The number of rotatable bonds is 9. The number of halogens is 2. The summed E-state index contributed by atoms with van der Waals surface area (Å²) in [4.78, 5) is 22.0. The van der Waals surface area contributed by atoms with Gasteiger partial charge >= 0.3 is 0 Å². The van der Waals surface area contributed by atoms with E-state index in [1.54, 1.807) is 30.3 Å². The van der Waals surface area contributed by atoms with Gasteiger partial charge in [0.05, 0.1) is 17.2 Å². The van der Waals surface area contributed by atoms with Gasteiger partial charge in [0.2, 0.25) is 0 Å². The standard InChI is InChI=1S/C34H37ClFN3O4/c1-34(2)27-18-22(21-6-10-24(36)11-7-21)8-14-26(27)31(38-43-34)33(41)37-29(20-39-16-4-3-5-17-39)32(40)23-9-15-30(28(35)19-23)42-25-12-13-25/h6-11,14-15,18-19,25,29,32,40H,3-5,12-13,16-17,20H2,1-2H3,(H,37,41)/t29-,32-/m1/s1. The molecule has 2 heterocycles. The van der Waals surface area contributed by atoms with E-state index in [2.05, 4.69) is 15.4 Å². The number of carbonyl (C=O) groups excluding carboxylic acids is 1. The van der Waals surface area contributed by atoms with Crippen molar-refractivity contribution in [2.24, 2.45) is 5.16 Å². The van der Waals surface area contributed by atoms with Crippen LogP contribution in [0.1, 0.15) is 68.7 Å². The first-order valence-corrected chi connectivity index (χ1v) is 15.4. The van der Waals surface area contributed by atoms with E-state index in [-0.39, 0.29) is 17.6 Å². The van der Waals surface area contributed by atoms with Gasteiger partial charge in [-0.15, -0.1) is 0 Å². The van der Waals surface area contributed by atoms with E-state index >= 15 is 0 Å². The Hall–Kier alpha value is -3.46. The average Bonchev–Trinajstić information content (AvgIpc) is 3.82. The summed E-state index contributed by atoms with van der Waals surface area (Å²) in [6.07, 6.45) is 4.56. The highest BCUT2D eigenvalue weighted by molar-refractivity contribution is 6.45. The Morgan fingerprint density at radius 1 is 1.09 bits per heavy atom. The van der Waals surface area contributed by atoms with Crippen LogP contribution in [-0.4, -0.2) is 53.4 Å². The monoisotopic (exact) mass is 605 g/mol. The van der Waals surface area contributed by atoms with Crippen molar-refractivity contribution >= 4 is 23.2 Å². The van der Waals surface area contributed by atoms with E-state index < -0.39 is 23.7 Å². The minimum Gasteiger partial charge on any atom is -0.489 e. The molecule has 6 rings (SSSR count). The second-order valence-corrected chi connectivity index (χ2v) is 12.6. The average molecular weight is 606 g/mol. The van der Waals surface area contributed by atoms with Crippen LogP contribution in [0.5, 0.6) is 5.75 Å². The molecule has 2 fully saturated rings. The van der Waals surface area contributed by atoms with Gasteiger partial charge < -0.3 is 24.9 Å². The molecular formula is C34H37ClFN3O4. The number of aliphatic hydroxyl groups excluding tert-OH is 1. The summed E-state index contributed by atoms with van der Waals surface area (Å²) in [5.41, 5.74) is 3.12. The number of nitrogens with zero attached hydrogens (tertiary/aromatic N) is 2. The zero-order valence-electron chi connectivity index (χ0n) is 24.5. The molecule has 1 saturated heterocycles. The fourth-order valence-corrected chi connectivity index (χ4v) is 6.00. The Balaban J connectivity index is 1.26. The predicted molar refractivity (Wildman–Crippen MR) is 165 cm³/mol. The molecule has 0 aromatic heterocycles. The van der Waals surface area contributed by atoms with Gasteiger partial charge in [0.25, 0.3) is 5.91 Å². The maximum absolute atomic E-state index is 13.9. The quantitative estimate of drug-likeness (QED) is 0.297. The Morgan fingerprint density at radius 3 is 2.51 bits per heavy atom. The highest BCUT2D eigenvalue weighted by Gasteiger charge is 2.36. The summed E-state index contributed by atoms with van der Waals surface area (Å²) in [5, 5.41) is 19.3. The minimum atomic E-state index is -1.01. The van der Waals surface area contributed by atoms with Crippen molar-refractivity contribution in [3.8, 4) is 16.9 Å². The molecule has 1 amide bonds. The molecule has 7 nitrogen and oxygen atoms in total. The van der Waals surface area contributed by atoms with Crippen LogP contribution in [-0.2, 0) is 15.2 Å². The summed E-state index contributed by atoms with van der Waals surface area (Å²) in [5.74, 6) is -0.139. The third-order valence-electron chi connectivity index (χ3n) is 8.40. The van der Waals surface area contributed by atoms with Gasteiger partial charge in [-0.05, 0) is 99.6 Å². The molecule has 1 aliphatic carbocycles. The summed E-state index contributed by atoms with van der Waals surface area (Å²) in [6.45, 7) is 6.06. The second-order valence-electron chi connectivity index (χ2n) is 12.2. The van der Waals surface area contributed by atoms with Crippen molar-refractivity contribution in [3.63, 3.8) is 0 Å². The number of benzene rings is 3. The van der Waals surface area contributed by atoms with E-state index in [0.717, 1.165) is 55.5 Å². The molecule has 2 atom stereocenters. The molecule has 0 radical (unpaired) electrons. The van der Waals surface area contributed by atoms with Crippen molar-refractivity contribution in [1.29, 1.82) is 0 Å². The zero-order chi connectivity index (χ0) is 30.1. The summed E-state index contributed by atoms with van der Waals surface area (Å²) < 4.78 is 19.4. The first-order valence-electron chi connectivity index (χ1n) is 15.0. The number of fused-ring (bicyclic) bond motifs is 1. The number of piperidine rings is 1. The topological polar surface area (TPSA) is 83.4 Å². The third-order valence-corrected chi connectivity index (χ3v) is 8.69. The van der Waals surface area contributed by atoms with E-state index in [0.29, 0.717) is 28.4 Å². The molecule has 2 N–H and O–H groups in total. The van der Waals surface area contributed by atoms with E-state index in [4.69, 9.17) is 21.2 Å². The molecule has 3 aromatic rings. The minimum absolute atomic E-state index is 0.141. The number of amides is 1. The third kappa shape index (κ3) is 6.71. The van der Waals surface area contributed by atoms with Gasteiger partial charge in [-0.2, -0.15) is 0 Å². The van der Waals surface area contributed by atoms with Crippen LogP contribution in [0, 0.1) is 5.82 Å². The maximum atomic E-state index is 13.9. The Morgan fingerprint density at radius 2 is 1.81 bits per heavy atom. The fraction of sp³-hybridized carbons (Fsp3) is 0.412. The van der Waals surface area contributed by atoms with Gasteiger partial charge in [-0.25, -0.2) is 4.39 Å². The highest BCUT2D eigenvalue weighted by atomic mass is 35.5. The normalized spacial score (nSPS) is 19.4. The number of carbonyl (C=O) groups is 1. The largest absolute Gasteiger partial charge is 0.489 e. The number of likely N-dealkylation sites (tertiary alicyclic amines) is 1. The molecule has 3 aromatic carbocycles. The van der Waals surface area contributed by atoms with Crippen molar-refractivity contribution in [1.82, 2.24) is 10.2 Å². The molecule has 43 heavy (non-hydrogen) atoms. The summed E-state index contributed by atoms with van der Waals surface area (Å²) >= 11 is 6.53. The Bertz CT molecular complexity index is 1520. The molecule has 226 valence electrons. The number of hydrogen-bond acceptors (Lipinski definition) is 6. The highest BCUT2D eigenvalue weighted by Crippen LogP contribution is 2.37. The van der Waals surface area contributed by atoms with Gasteiger partial charge in [-0.3, -0.25) is 4.79 Å². The lowest BCUT2D eigenvalue weighted by Crippen LogP contribution is -2.50. The van der Waals surface area contributed by atoms with Crippen LogP contribution < -0.4 is 10.1 Å². The Kier molecular flexibility index (Phi) is 8.45. The molecule has 3 aliphatic rings. The fourth-order valence-electron chi connectivity index (χ4n) is 5.77. The smallest absolute Gasteiger partial charge is 0.274 e. The number of aliphatic hydroxyl groups is 1. The molecule has 1 saturated carbocycles. The summed E-state index contributed by atoms with van der Waals surface area (Å²) in [7, 11) is 0. The van der Waals surface area contributed by atoms with Crippen LogP contribution in [0.3, 0.4) is 0 Å². The molecule has 0 spiro atoms. The van der Waals surface area contributed by atoms with Crippen molar-refractivity contribution < 1.29 is 23.9 Å². The van der Waals surface area contributed by atoms with E-state index in [1.165, 1.54) is 18.6 Å². The van der Waals surface area contributed by atoms with Crippen molar-refractivity contribution in [2.75, 3.05) is 19.6 Å². The van der Waals surface area contributed by atoms with Crippen molar-refractivity contribution in [3.05, 3.63) is 88.2 Å². The van der Waals surface area contributed by atoms with Gasteiger partial charge in [0, 0.05) is 17.7 Å². The van der Waals surface area contributed by atoms with Crippen LogP contribution in [0.15, 0.2) is 65.8 Å². The SMILES string of the molecule is CC1(C)ON=C(C(=O)N[C@H](CN2CCCCC2)[C@H](O)c2ccc(OC3CC3)c(Cl)c2)c2ccc(-c3ccc(F)cc3)cc21. The predicted octanol–water partition coefficient (Wildman–Crippen LogP) is 6.36. The molecule has 0 unspecified atom stereocenters. The molecule has 2 aliphatic heterocycles. The first-order chi connectivity index (χ1) is 20.7. The van der Waals surface area contributed by atoms with E-state index in [1.807, 2.05) is 32.0 Å². The lowest BCUT2D eigenvalue weighted by Gasteiger charge is -2.34. The van der Waals surface area contributed by atoms with Crippen LogP contribution >= 0.6 is 11.6 Å². The number of oxime groups is 1. The lowest BCUT2D eigenvalue weighted by atomic mass is 9.87. The van der Waals surface area contributed by atoms with Gasteiger partial charge in [-0.1, -0.05) is 53.5 Å². The maximum Gasteiger partial charge on any atom is 0.274 e. The van der Waals surface area contributed by atoms with Gasteiger partial charge in [0.1, 0.15) is 17.7 Å². The Labute approximate surface area is 256 Å². The first kappa shape index (κ1) is 29.6. The number of hydrogen-bond donors (Lipinski definition) is 2. The van der Waals surface area contributed by atoms with Crippen molar-refractivity contribution in [2.45, 2.75) is 69.8 Å². The van der Waals surface area contributed by atoms with Crippen LogP contribution in [0.25, 0.3) is 11.1 Å². The van der Waals surface area contributed by atoms with Gasteiger partial charge in [0.15, 0.2) is 11.3 Å². The molecule has 0 bridgehead atoms. The molecule has 9 heteroatoms. The van der Waals surface area contributed by atoms with Crippen LogP contribution in [0.4, 0.5) is 4.39 Å². The van der Waals surface area contributed by atoms with Crippen LogP contribution in [0.2, 0.25) is 5.02 Å². The van der Waals surface area contributed by atoms with E-state index in [9.17, 15) is 14.3 Å². The number of nitrogens with one attached hydrogen (secondary N) is 1.